The van der Waals surface area contributed by atoms with Gasteiger partial charge in [-0.05, 0) is 31.0 Å². The van der Waals surface area contributed by atoms with Gasteiger partial charge in [0.25, 0.3) is 0 Å². The lowest BCUT2D eigenvalue weighted by molar-refractivity contribution is -0.125. The molecule has 1 rings (SSSR count). The van der Waals surface area contributed by atoms with Crippen LogP contribution < -0.4 is 11.1 Å². The van der Waals surface area contributed by atoms with Crippen LogP contribution in [0, 0.1) is 11.2 Å². The topological polar surface area (TPSA) is 81.4 Å². The Kier molecular flexibility index (Phi) is 5.84. The highest BCUT2D eigenvalue weighted by Crippen LogP contribution is 2.27. The summed E-state index contributed by atoms with van der Waals surface area (Å²) in [6, 6.07) is 3.77. The number of anilines is 1. The van der Waals surface area contributed by atoms with Crippen molar-refractivity contribution in [2.24, 2.45) is 11.1 Å². The van der Waals surface area contributed by atoms with Gasteiger partial charge in [0.2, 0.25) is 5.91 Å². The quantitative estimate of drug-likeness (QED) is 0.789. The summed E-state index contributed by atoms with van der Waals surface area (Å²) < 4.78 is 18.0. The van der Waals surface area contributed by atoms with E-state index in [1.54, 1.807) is 0 Å². The number of hydrogen-bond acceptors (Lipinski definition) is 4. The third kappa shape index (κ3) is 3.58. The molecule has 1 amide bonds. The first-order chi connectivity index (χ1) is 9.93. The van der Waals surface area contributed by atoms with Crippen LogP contribution in [0.3, 0.4) is 0 Å². The molecule has 0 fully saturated rings. The van der Waals surface area contributed by atoms with E-state index in [4.69, 9.17) is 5.73 Å². The Morgan fingerprint density at radius 3 is 2.43 bits per heavy atom. The summed E-state index contributed by atoms with van der Waals surface area (Å²) >= 11 is 0. The molecule has 0 heterocycles. The number of rotatable bonds is 6. The second kappa shape index (κ2) is 7.17. The lowest BCUT2D eigenvalue weighted by Gasteiger charge is -2.28. The van der Waals surface area contributed by atoms with Crippen molar-refractivity contribution in [3.63, 3.8) is 0 Å². The molecule has 0 saturated carbocycles. The van der Waals surface area contributed by atoms with Crippen molar-refractivity contribution in [2.45, 2.75) is 26.7 Å². The van der Waals surface area contributed by atoms with Crippen LogP contribution in [0.25, 0.3) is 0 Å². The van der Waals surface area contributed by atoms with E-state index in [1.807, 2.05) is 13.8 Å². The first kappa shape index (κ1) is 17.1. The van der Waals surface area contributed by atoms with Gasteiger partial charge in [-0.1, -0.05) is 13.8 Å². The van der Waals surface area contributed by atoms with Crippen LogP contribution >= 0.6 is 0 Å². The average molecular weight is 296 g/mol. The van der Waals surface area contributed by atoms with E-state index >= 15 is 0 Å². The van der Waals surface area contributed by atoms with E-state index in [0.717, 1.165) is 6.07 Å². The third-order valence-corrected chi connectivity index (χ3v) is 3.86. The van der Waals surface area contributed by atoms with Crippen molar-refractivity contribution in [3.8, 4) is 0 Å². The van der Waals surface area contributed by atoms with Gasteiger partial charge < -0.3 is 15.8 Å². The van der Waals surface area contributed by atoms with Gasteiger partial charge in [-0.15, -0.1) is 0 Å². The minimum Gasteiger partial charge on any atom is -0.465 e. The number of carbonyl (C=O) groups is 2. The summed E-state index contributed by atoms with van der Waals surface area (Å²) in [4.78, 5) is 23.8. The Morgan fingerprint density at radius 1 is 1.33 bits per heavy atom. The molecular formula is C15H21FN2O3. The van der Waals surface area contributed by atoms with E-state index in [2.05, 4.69) is 10.1 Å². The Balaban J connectivity index is 3.03. The Bertz CT molecular complexity index is 519. The summed E-state index contributed by atoms with van der Waals surface area (Å²) in [5.74, 6) is -1.73. The van der Waals surface area contributed by atoms with Crippen LogP contribution in [0.2, 0.25) is 0 Å². The Hall–Kier alpha value is -1.95. The van der Waals surface area contributed by atoms with Gasteiger partial charge in [0, 0.05) is 12.2 Å². The van der Waals surface area contributed by atoms with Crippen LogP contribution in [-0.4, -0.2) is 25.5 Å². The van der Waals surface area contributed by atoms with E-state index in [-0.39, 0.29) is 18.0 Å². The molecule has 0 saturated heterocycles. The van der Waals surface area contributed by atoms with E-state index < -0.39 is 17.2 Å². The molecule has 116 valence electrons. The predicted molar refractivity (Wildman–Crippen MR) is 78.4 cm³/mol. The van der Waals surface area contributed by atoms with Crippen LogP contribution in [-0.2, 0) is 9.53 Å². The van der Waals surface area contributed by atoms with Gasteiger partial charge in [0.15, 0.2) is 0 Å². The molecule has 0 aliphatic heterocycles. The largest absolute Gasteiger partial charge is 0.465 e. The van der Waals surface area contributed by atoms with Crippen molar-refractivity contribution in [1.29, 1.82) is 0 Å². The molecule has 1 aromatic carbocycles. The summed E-state index contributed by atoms with van der Waals surface area (Å²) in [6.45, 7) is 4.00. The van der Waals surface area contributed by atoms with Crippen molar-refractivity contribution >= 4 is 17.6 Å². The number of amides is 1. The molecule has 0 aliphatic rings. The summed E-state index contributed by atoms with van der Waals surface area (Å²) in [5.41, 5.74) is 5.16. The predicted octanol–water partition coefficient (Wildman–Crippen LogP) is 2.32. The number of esters is 1. The number of halogens is 1. The van der Waals surface area contributed by atoms with Crippen molar-refractivity contribution in [2.75, 3.05) is 19.0 Å². The van der Waals surface area contributed by atoms with Crippen LogP contribution in [0.15, 0.2) is 18.2 Å². The smallest absolute Gasteiger partial charge is 0.340 e. The molecule has 21 heavy (non-hydrogen) atoms. The normalized spacial score (nSPS) is 11.1. The first-order valence-electron chi connectivity index (χ1n) is 6.83. The highest BCUT2D eigenvalue weighted by molar-refractivity contribution is 5.97. The Morgan fingerprint density at radius 2 is 1.95 bits per heavy atom. The first-order valence-corrected chi connectivity index (χ1v) is 6.83. The fraction of sp³-hybridized carbons (Fsp3) is 0.467. The highest BCUT2D eigenvalue weighted by atomic mass is 19.1. The number of carbonyl (C=O) groups excluding carboxylic acids is 2. The molecule has 0 atom stereocenters. The van der Waals surface area contributed by atoms with Crippen molar-refractivity contribution in [1.82, 2.24) is 0 Å². The number of ether oxygens (including phenoxy) is 1. The maximum Gasteiger partial charge on any atom is 0.340 e. The van der Waals surface area contributed by atoms with E-state index in [0.29, 0.717) is 18.5 Å². The number of hydrogen-bond donors (Lipinski definition) is 2. The minimum absolute atomic E-state index is 0.219. The monoisotopic (exact) mass is 296 g/mol. The van der Waals surface area contributed by atoms with Crippen molar-refractivity contribution < 1.29 is 18.7 Å². The number of benzene rings is 1. The van der Waals surface area contributed by atoms with Gasteiger partial charge in [0.05, 0.1) is 18.1 Å². The molecule has 1 aromatic rings. The third-order valence-electron chi connectivity index (χ3n) is 3.86. The molecule has 0 unspecified atom stereocenters. The molecule has 0 bridgehead atoms. The standard InChI is InChI=1S/C15H21FN2O3/c1-4-15(5-2,9-17)14(20)18-10-6-7-12(16)11(8-10)13(19)21-3/h6-8H,4-5,9,17H2,1-3H3,(H,18,20). The molecule has 0 aromatic heterocycles. The maximum absolute atomic E-state index is 13.5. The number of nitrogens with two attached hydrogens (primary N) is 1. The second-order valence-corrected chi connectivity index (χ2v) is 4.83. The fourth-order valence-electron chi connectivity index (χ4n) is 2.09. The highest BCUT2D eigenvalue weighted by Gasteiger charge is 2.33. The van der Waals surface area contributed by atoms with Crippen LogP contribution in [0.4, 0.5) is 10.1 Å². The zero-order valence-electron chi connectivity index (χ0n) is 12.5. The number of methoxy groups -OCH3 is 1. The van der Waals surface area contributed by atoms with Gasteiger partial charge in [-0.25, -0.2) is 9.18 Å². The fourth-order valence-corrected chi connectivity index (χ4v) is 2.09. The molecule has 0 aliphatic carbocycles. The molecule has 3 N–H and O–H groups in total. The molecule has 0 spiro atoms. The lowest BCUT2D eigenvalue weighted by atomic mass is 9.81. The second-order valence-electron chi connectivity index (χ2n) is 4.83. The summed E-state index contributed by atoms with van der Waals surface area (Å²) in [5, 5.41) is 2.69. The summed E-state index contributed by atoms with van der Waals surface area (Å²) in [6.07, 6.45) is 1.19. The average Bonchev–Trinajstić information content (AvgIpc) is 2.50. The van der Waals surface area contributed by atoms with Crippen molar-refractivity contribution in [3.05, 3.63) is 29.6 Å². The molecule has 6 heteroatoms. The Labute approximate surface area is 123 Å². The van der Waals surface area contributed by atoms with Gasteiger partial charge in [-0.2, -0.15) is 0 Å². The maximum atomic E-state index is 13.5. The SMILES string of the molecule is CCC(CC)(CN)C(=O)Nc1ccc(F)c(C(=O)OC)c1. The molecular weight excluding hydrogens is 275 g/mol. The van der Waals surface area contributed by atoms with Gasteiger partial charge in [0.1, 0.15) is 5.82 Å². The van der Waals surface area contributed by atoms with E-state index in [1.165, 1.54) is 19.2 Å². The van der Waals surface area contributed by atoms with Crippen LogP contribution in [0.1, 0.15) is 37.0 Å². The molecule has 0 radical (unpaired) electrons. The van der Waals surface area contributed by atoms with Gasteiger partial charge in [-0.3, -0.25) is 4.79 Å². The lowest BCUT2D eigenvalue weighted by Crippen LogP contribution is -2.41. The van der Waals surface area contributed by atoms with Crippen LogP contribution in [0.5, 0.6) is 0 Å². The van der Waals surface area contributed by atoms with E-state index in [9.17, 15) is 14.0 Å². The zero-order chi connectivity index (χ0) is 16.0. The minimum atomic E-state index is -0.792. The number of nitrogens with one attached hydrogen (secondary N) is 1. The summed E-state index contributed by atoms with van der Waals surface area (Å²) in [7, 11) is 1.17. The van der Waals surface area contributed by atoms with Gasteiger partial charge >= 0.3 is 5.97 Å². The molecule has 5 nitrogen and oxygen atoms in total. The zero-order valence-corrected chi connectivity index (χ0v) is 12.5.